The summed E-state index contributed by atoms with van der Waals surface area (Å²) >= 11 is 0. The fraction of sp³-hybridized carbons (Fsp3) is 0.909. The minimum Gasteiger partial charge on any atom is -0.468 e. The van der Waals surface area contributed by atoms with Gasteiger partial charge in [0.1, 0.15) is 5.54 Å². The Bertz CT molecular complexity index is 204. The maximum Gasteiger partial charge on any atom is 0.327 e. The maximum absolute atomic E-state index is 11.2. The number of carbonyl (C=O) groups excluding carboxylic acids is 1. The Hall–Kier alpha value is -0.650. The van der Waals surface area contributed by atoms with Crippen LogP contribution in [0.1, 0.15) is 20.8 Å². The lowest BCUT2D eigenvalue weighted by Crippen LogP contribution is -2.50. The summed E-state index contributed by atoms with van der Waals surface area (Å²) in [5, 5.41) is 0. The van der Waals surface area contributed by atoms with E-state index in [0.717, 1.165) is 0 Å². The van der Waals surface area contributed by atoms with E-state index in [9.17, 15) is 4.79 Å². The fourth-order valence-electron chi connectivity index (χ4n) is 1.01. The average molecular weight is 233 g/mol. The van der Waals surface area contributed by atoms with E-state index in [0.29, 0.717) is 25.7 Å². The van der Waals surface area contributed by atoms with E-state index in [1.54, 1.807) is 6.92 Å². The lowest BCUT2D eigenvalue weighted by Gasteiger charge is -2.21. The van der Waals surface area contributed by atoms with Crippen LogP contribution in [0.3, 0.4) is 0 Å². The number of hydrogen-bond acceptors (Lipinski definition) is 5. The smallest absolute Gasteiger partial charge is 0.327 e. The topological polar surface area (TPSA) is 70.8 Å². The highest BCUT2D eigenvalue weighted by molar-refractivity contribution is 5.80. The van der Waals surface area contributed by atoms with E-state index in [1.807, 2.05) is 0 Å². The summed E-state index contributed by atoms with van der Waals surface area (Å²) in [7, 11) is 1.30. The highest BCUT2D eigenvalue weighted by Crippen LogP contribution is 2.02. The number of carbonyl (C=O) groups is 1. The number of methoxy groups -OCH3 is 1. The molecule has 0 saturated carbocycles. The van der Waals surface area contributed by atoms with Crippen LogP contribution in [-0.2, 0) is 19.0 Å². The van der Waals surface area contributed by atoms with E-state index < -0.39 is 11.5 Å². The van der Waals surface area contributed by atoms with Crippen molar-refractivity contribution >= 4 is 5.97 Å². The van der Waals surface area contributed by atoms with Gasteiger partial charge in [0.05, 0.1) is 26.9 Å². The predicted molar refractivity (Wildman–Crippen MR) is 61.1 cm³/mol. The molecule has 1 unspecified atom stereocenters. The Morgan fingerprint density at radius 3 is 2.38 bits per heavy atom. The highest BCUT2D eigenvalue weighted by Gasteiger charge is 2.29. The van der Waals surface area contributed by atoms with Crippen LogP contribution >= 0.6 is 0 Å². The standard InChI is InChI=1S/C11H23NO4/c1-9(2)7-15-5-6-16-8-11(3,12)10(13)14-4/h9H,5-8,12H2,1-4H3. The van der Waals surface area contributed by atoms with Crippen molar-refractivity contribution in [3.8, 4) is 0 Å². The van der Waals surface area contributed by atoms with Crippen molar-refractivity contribution in [2.24, 2.45) is 11.7 Å². The van der Waals surface area contributed by atoms with Gasteiger partial charge in [0.2, 0.25) is 0 Å². The number of hydrogen-bond donors (Lipinski definition) is 1. The molecule has 0 rings (SSSR count). The molecule has 0 radical (unpaired) electrons. The highest BCUT2D eigenvalue weighted by atomic mass is 16.5. The third-order valence-electron chi connectivity index (χ3n) is 1.88. The first kappa shape index (κ1) is 15.3. The molecule has 5 nitrogen and oxygen atoms in total. The predicted octanol–water partition coefficient (Wildman–Crippen LogP) is 0.566. The van der Waals surface area contributed by atoms with E-state index in [2.05, 4.69) is 18.6 Å². The average Bonchev–Trinajstić information content (AvgIpc) is 2.21. The van der Waals surface area contributed by atoms with Gasteiger partial charge in [-0.2, -0.15) is 0 Å². The molecular weight excluding hydrogens is 210 g/mol. The number of ether oxygens (including phenoxy) is 3. The molecule has 0 amide bonds. The second-order valence-electron chi connectivity index (χ2n) is 4.43. The number of rotatable bonds is 8. The monoisotopic (exact) mass is 233 g/mol. The van der Waals surface area contributed by atoms with Crippen LogP contribution in [0, 0.1) is 5.92 Å². The second-order valence-corrected chi connectivity index (χ2v) is 4.43. The van der Waals surface area contributed by atoms with Crippen molar-refractivity contribution in [2.45, 2.75) is 26.3 Å². The summed E-state index contributed by atoms with van der Waals surface area (Å²) in [6, 6.07) is 0. The molecule has 0 aromatic rings. The molecule has 0 aliphatic rings. The lowest BCUT2D eigenvalue weighted by molar-refractivity contribution is -0.149. The Morgan fingerprint density at radius 1 is 1.31 bits per heavy atom. The van der Waals surface area contributed by atoms with Gasteiger partial charge in [0.15, 0.2) is 0 Å². The van der Waals surface area contributed by atoms with E-state index in [1.165, 1.54) is 7.11 Å². The summed E-state index contributed by atoms with van der Waals surface area (Å²) in [6.45, 7) is 7.51. The lowest BCUT2D eigenvalue weighted by atomic mass is 10.1. The molecule has 96 valence electrons. The molecule has 16 heavy (non-hydrogen) atoms. The van der Waals surface area contributed by atoms with Crippen molar-refractivity contribution in [1.82, 2.24) is 0 Å². The fourth-order valence-corrected chi connectivity index (χ4v) is 1.01. The third kappa shape index (κ3) is 6.76. The van der Waals surface area contributed by atoms with Crippen LogP contribution < -0.4 is 5.73 Å². The van der Waals surface area contributed by atoms with Crippen LogP contribution in [0.15, 0.2) is 0 Å². The second kappa shape index (κ2) is 7.60. The van der Waals surface area contributed by atoms with Gasteiger partial charge < -0.3 is 19.9 Å². The molecule has 2 N–H and O–H groups in total. The normalized spacial score (nSPS) is 14.9. The molecule has 0 heterocycles. The van der Waals surface area contributed by atoms with Gasteiger partial charge in [0.25, 0.3) is 0 Å². The first-order valence-corrected chi connectivity index (χ1v) is 5.43. The molecule has 0 aromatic carbocycles. The van der Waals surface area contributed by atoms with Gasteiger partial charge in [-0.15, -0.1) is 0 Å². The molecule has 1 atom stereocenters. The van der Waals surface area contributed by atoms with Crippen LogP contribution in [0.25, 0.3) is 0 Å². The third-order valence-corrected chi connectivity index (χ3v) is 1.88. The molecule has 0 fully saturated rings. The van der Waals surface area contributed by atoms with E-state index in [4.69, 9.17) is 15.2 Å². The molecule has 0 aromatic heterocycles. The van der Waals surface area contributed by atoms with E-state index in [-0.39, 0.29) is 6.61 Å². The van der Waals surface area contributed by atoms with Crippen LogP contribution in [0.4, 0.5) is 0 Å². The zero-order chi connectivity index (χ0) is 12.6. The molecule has 0 bridgehead atoms. The van der Waals surface area contributed by atoms with Crippen LogP contribution in [0.5, 0.6) is 0 Å². The van der Waals surface area contributed by atoms with Crippen molar-refractivity contribution in [3.05, 3.63) is 0 Å². The van der Waals surface area contributed by atoms with Crippen molar-refractivity contribution < 1.29 is 19.0 Å². The molecule has 5 heteroatoms. The summed E-state index contributed by atoms with van der Waals surface area (Å²) in [5.74, 6) is 0.0328. The molecular formula is C11H23NO4. The quantitative estimate of drug-likeness (QED) is 0.490. The van der Waals surface area contributed by atoms with Crippen molar-refractivity contribution in [2.75, 3.05) is 33.5 Å². The van der Waals surface area contributed by atoms with Crippen LogP contribution in [-0.4, -0.2) is 45.0 Å². The van der Waals surface area contributed by atoms with Crippen molar-refractivity contribution in [1.29, 1.82) is 0 Å². The zero-order valence-electron chi connectivity index (χ0n) is 10.6. The van der Waals surface area contributed by atoms with Gasteiger partial charge >= 0.3 is 5.97 Å². The van der Waals surface area contributed by atoms with E-state index >= 15 is 0 Å². The Morgan fingerprint density at radius 2 is 1.88 bits per heavy atom. The molecule has 0 spiro atoms. The minimum atomic E-state index is -1.09. The number of nitrogens with two attached hydrogens (primary N) is 1. The van der Waals surface area contributed by atoms with Gasteiger partial charge in [-0.1, -0.05) is 13.8 Å². The number of esters is 1. The Balaban J connectivity index is 3.54. The Kier molecular flexibility index (Phi) is 7.29. The largest absolute Gasteiger partial charge is 0.468 e. The summed E-state index contributed by atoms with van der Waals surface area (Å²) < 4.78 is 15.1. The van der Waals surface area contributed by atoms with Crippen molar-refractivity contribution in [3.63, 3.8) is 0 Å². The maximum atomic E-state index is 11.2. The minimum absolute atomic E-state index is 0.130. The zero-order valence-corrected chi connectivity index (χ0v) is 10.6. The van der Waals surface area contributed by atoms with Gasteiger partial charge in [0, 0.05) is 6.61 Å². The molecule has 0 saturated heterocycles. The van der Waals surface area contributed by atoms with Gasteiger partial charge in [-0.25, -0.2) is 4.79 Å². The SMILES string of the molecule is COC(=O)C(C)(N)COCCOCC(C)C. The van der Waals surface area contributed by atoms with Gasteiger partial charge in [-0.05, 0) is 12.8 Å². The summed E-state index contributed by atoms with van der Waals surface area (Å²) in [6.07, 6.45) is 0. The van der Waals surface area contributed by atoms with Gasteiger partial charge in [-0.3, -0.25) is 0 Å². The summed E-state index contributed by atoms with van der Waals surface area (Å²) in [4.78, 5) is 11.2. The molecule has 0 aliphatic heterocycles. The molecule has 0 aliphatic carbocycles. The first-order valence-electron chi connectivity index (χ1n) is 5.43. The Labute approximate surface area is 97.2 Å². The van der Waals surface area contributed by atoms with Crippen LogP contribution in [0.2, 0.25) is 0 Å². The summed E-state index contributed by atoms with van der Waals surface area (Å²) in [5.41, 5.74) is 4.60. The first-order chi connectivity index (χ1) is 7.40.